The summed E-state index contributed by atoms with van der Waals surface area (Å²) in [6.45, 7) is 4.52. The molecule has 0 radical (unpaired) electrons. The fourth-order valence-corrected chi connectivity index (χ4v) is 3.09. The molecule has 0 aromatic heterocycles. The summed E-state index contributed by atoms with van der Waals surface area (Å²) in [7, 11) is 0. The summed E-state index contributed by atoms with van der Waals surface area (Å²) >= 11 is 0. The lowest BCUT2D eigenvalue weighted by molar-refractivity contribution is -0.134. The van der Waals surface area contributed by atoms with Gasteiger partial charge in [0.1, 0.15) is 18.9 Å². The Bertz CT molecular complexity index is 795. The Labute approximate surface area is 166 Å². The zero-order valence-corrected chi connectivity index (χ0v) is 16.3. The Kier molecular flexibility index (Phi) is 6.89. The number of ether oxygens (including phenoxy) is 1. The molecule has 1 heterocycles. The van der Waals surface area contributed by atoms with Crippen LogP contribution < -0.4 is 10.1 Å². The van der Waals surface area contributed by atoms with Crippen LogP contribution in [0.2, 0.25) is 0 Å². The predicted molar refractivity (Wildman–Crippen MR) is 109 cm³/mol. The van der Waals surface area contributed by atoms with Crippen molar-refractivity contribution in [2.75, 3.05) is 31.5 Å². The number of amides is 3. The van der Waals surface area contributed by atoms with Gasteiger partial charge in [0, 0.05) is 19.6 Å². The van der Waals surface area contributed by atoms with Gasteiger partial charge in [-0.1, -0.05) is 55.8 Å². The first kappa shape index (κ1) is 19.7. The van der Waals surface area contributed by atoms with Crippen LogP contribution in [0.1, 0.15) is 25.3 Å². The molecule has 2 aromatic carbocycles. The van der Waals surface area contributed by atoms with Gasteiger partial charge >= 0.3 is 6.03 Å². The molecule has 1 N–H and O–H groups in total. The van der Waals surface area contributed by atoms with Gasteiger partial charge < -0.3 is 19.9 Å². The lowest BCUT2D eigenvalue weighted by atomic mass is 10.2. The molecule has 1 saturated heterocycles. The van der Waals surface area contributed by atoms with Crippen LogP contribution in [0.4, 0.5) is 10.5 Å². The summed E-state index contributed by atoms with van der Waals surface area (Å²) in [5, 5.41) is 2.89. The second-order valence-corrected chi connectivity index (χ2v) is 6.86. The normalized spacial score (nSPS) is 14.1. The number of piperazine rings is 1. The van der Waals surface area contributed by atoms with Crippen molar-refractivity contribution in [3.63, 3.8) is 0 Å². The van der Waals surface area contributed by atoms with Gasteiger partial charge in [-0.15, -0.1) is 0 Å². The highest BCUT2D eigenvalue weighted by atomic mass is 16.5. The Balaban J connectivity index is 1.58. The fraction of sp³-hybridized carbons (Fsp3) is 0.364. The molecule has 148 valence electrons. The minimum Gasteiger partial charge on any atom is -0.487 e. The maximum atomic E-state index is 12.6. The van der Waals surface area contributed by atoms with Gasteiger partial charge in [0.15, 0.2) is 0 Å². The number of unbranched alkanes of at least 4 members (excludes halogenated alkanes) is 1. The first-order chi connectivity index (χ1) is 13.7. The highest BCUT2D eigenvalue weighted by Gasteiger charge is 2.27. The van der Waals surface area contributed by atoms with Crippen LogP contribution >= 0.6 is 0 Å². The van der Waals surface area contributed by atoms with E-state index in [1.807, 2.05) is 53.4 Å². The van der Waals surface area contributed by atoms with Crippen LogP contribution in [0.3, 0.4) is 0 Å². The van der Waals surface area contributed by atoms with E-state index in [-0.39, 0.29) is 18.5 Å². The number of carbonyl (C=O) groups excluding carboxylic acids is 2. The molecule has 0 atom stereocenters. The molecule has 6 heteroatoms. The molecular weight excluding hydrogens is 354 g/mol. The number of urea groups is 1. The number of para-hydroxylation sites is 2. The molecule has 28 heavy (non-hydrogen) atoms. The molecule has 0 saturated carbocycles. The summed E-state index contributed by atoms with van der Waals surface area (Å²) < 4.78 is 5.89. The zero-order valence-electron chi connectivity index (χ0n) is 16.3. The van der Waals surface area contributed by atoms with Crippen LogP contribution in [0.25, 0.3) is 0 Å². The molecule has 6 nitrogen and oxygen atoms in total. The zero-order chi connectivity index (χ0) is 19.8. The van der Waals surface area contributed by atoms with Gasteiger partial charge in [-0.2, -0.15) is 0 Å². The molecule has 3 rings (SSSR count). The largest absolute Gasteiger partial charge is 0.487 e. The minimum atomic E-state index is -0.278. The van der Waals surface area contributed by atoms with Gasteiger partial charge in [0.2, 0.25) is 5.91 Å². The molecule has 1 aliphatic rings. The van der Waals surface area contributed by atoms with E-state index in [9.17, 15) is 9.59 Å². The summed E-state index contributed by atoms with van der Waals surface area (Å²) in [4.78, 5) is 28.3. The summed E-state index contributed by atoms with van der Waals surface area (Å²) in [6.07, 6.45) is 2.04. The highest BCUT2D eigenvalue weighted by molar-refractivity contribution is 5.94. The van der Waals surface area contributed by atoms with Crippen molar-refractivity contribution in [1.29, 1.82) is 0 Å². The van der Waals surface area contributed by atoms with E-state index in [4.69, 9.17) is 4.74 Å². The van der Waals surface area contributed by atoms with E-state index in [0.717, 1.165) is 24.9 Å². The van der Waals surface area contributed by atoms with E-state index in [1.54, 1.807) is 11.0 Å². The van der Waals surface area contributed by atoms with E-state index in [2.05, 4.69) is 12.2 Å². The molecule has 1 fully saturated rings. The lowest BCUT2D eigenvalue weighted by Gasteiger charge is -2.34. The van der Waals surface area contributed by atoms with E-state index >= 15 is 0 Å². The minimum absolute atomic E-state index is 0.00321. The Morgan fingerprint density at radius 2 is 1.82 bits per heavy atom. The average Bonchev–Trinajstić information content (AvgIpc) is 2.73. The summed E-state index contributed by atoms with van der Waals surface area (Å²) in [6, 6.07) is 16.9. The Morgan fingerprint density at radius 3 is 2.57 bits per heavy atom. The van der Waals surface area contributed by atoms with Gasteiger partial charge in [0.05, 0.1) is 5.69 Å². The SMILES string of the molecule is CCCCN1CCN(C(=O)Nc2ccccc2OCc2ccccc2)CC1=O. The smallest absolute Gasteiger partial charge is 0.322 e. The first-order valence-corrected chi connectivity index (χ1v) is 9.77. The molecule has 0 unspecified atom stereocenters. The molecule has 1 aliphatic heterocycles. The highest BCUT2D eigenvalue weighted by Crippen LogP contribution is 2.25. The number of nitrogens with zero attached hydrogens (tertiary/aromatic N) is 2. The van der Waals surface area contributed by atoms with Crippen molar-refractivity contribution in [3.05, 3.63) is 60.2 Å². The van der Waals surface area contributed by atoms with E-state index in [1.165, 1.54) is 0 Å². The molecule has 3 amide bonds. The standard InChI is InChI=1S/C22H27N3O3/c1-2-3-13-24-14-15-25(16-21(24)26)22(27)23-19-11-7-8-12-20(19)28-17-18-9-5-4-6-10-18/h4-12H,2-3,13-17H2,1H3,(H,23,27). The topological polar surface area (TPSA) is 61.9 Å². The third kappa shape index (κ3) is 5.25. The Hall–Kier alpha value is -3.02. The number of hydrogen-bond acceptors (Lipinski definition) is 3. The number of hydrogen-bond donors (Lipinski definition) is 1. The van der Waals surface area contributed by atoms with Crippen LogP contribution in [-0.2, 0) is 11.4 Å². The van der Waals surface area contributed by atoms with Crippen molar-refractivity contribution in [1.82, 2.24) is 9.80 Å². The van der Waals surface area contributed by atoms with Crippen LogP contribution in [-0.4, -0.2) is 47.9 Å². The monoisotopic (exact) mass is 381 g/mol. The molecular formula is C22H27N3O3. The van der Waals surface area contributed by atoms with Crippen LogP contribution in [0.15, 0.2) is 54.6 Å². The molecule has 2 aromatic rings. The quantitative estimate of drug-likeness (QED) is 0.795. The van der Waals surface area contributed by atoms with E-state index < -0.39 is 0 Å². The first-order valence-electron chi connectivity index (χ1n) is 9.77. The van der Waals surface area contributed by atoms with Crippen LogP contribution in [0, 0.1) is 0 Å². The third-order valence-electron chi connectivity index (χ3n) is 4.75. The average molecular weight is 381 g/mol. The second kappa shape index (κ2) is 9.78. The van der Waals surface area contributed by atoms with Gasteiger partial charge in [0.25, 0.3) is 0 Å². The van der Waals surface area contributed by atoms with Gasteiger partial charge in [-0.3, -0.25) is 4.79 Å². The number of benzene rings is 2. The number of carbonyl (C=O) groups is 2. The lowest BCUT2D eigenvalue weighted by Crippen LogP contribution is -2.53. The predicted octanol–water partition coefficient (Wildman–Crippen LogP) is 3.74. The molecule has 0 bridgehead atoms. The van der Waals surface area contributed by atoms with Crippen molar-refractivity contribution in [2.45, 2.75) is 26.4 Å². The van der Waals surface area contributed by atoms with E-state index in [0.29, 0.717) is 31.1 Å². The van der Waals surface area contributed by atoms with Gasteiger partial charge in [-0.05, 0) is 24.1 Å². The maximum Gasteiger partial charge on any atom is 0.322 e. The number of rotatable bonds is 7. The number of anilines is 1. The summed E-state index contributed by atoms with van der Waals surface area (Å²) in [5.74, 6) is 0.607. The molecule has 0 aliphatic carbocycles. The van der Waals surface area contributed by atoms with Crippen molar-refractivity contribution < 1.29 is 14.3 Å². The summed E-state index contributed by atoms with van der Waals surface area (Å²) in [5.41, 5.74) is 1.65. The maximum absolute atomic E-state index is 12.6. The van der Waals surface area contributed by atoms with Crippen molar-refractivity contribution in [2.24, 2.45) is 0 Å². The second-order valence-electron chi connectivity index (χ2n) is 6.86. The molecule has 0 spiro atoms. The Morgan fingerprint density at radius 1 is 1.07 bits per heavy atom. The fourth-order valence-electron chi connectivity index (χ4n) is 3.09. The number of nitrogens with one attached hydrogen (secondary N) is 1. The van der Waals surface area contributed by atoms with Crippen LogP contribution in [0.5, 0.6) is 5.75 Å². The van der Waals surface area contributed by atoms with Crippen molar-refractivity contribution >= 4 is 17.6 Å². The van der Waals surface area contributed by atoms with Crippen molar-refractivity contribution in [3.8, 4) is 5.75 Å². The third-order valence-corrected chi connectivity index (χ3v) is 4.75. The van der Waals surface area contributed by atoms with Gasteiger partial charge in [-0.25, -0.2) is 4.79 Å².